The first-order chi connectivity index (χ1) is 11.3. The molecule has 1 aromatic heterocycles. The Bertz CT molecular complexity index is 650. The number of carbonyl (C=O) groups is 1. The minimum Gasteiger partial charge on any atom is -0.385 e. The smallest absolute Gasteiger partial charge is 0.242 e. The van der Waals surface area contributed by atoms with Gasteiger partial charge < -0.3 is 14.2 Å². The van der Waals surface area contributed by atoms with Gasteiger partial charge >= 0.3 is 0 Å². The van der Waals surface area contributed by atoms with E-state index in [1.807, 2.05) is 18.3 Å². The van der Waals surface area contributed by atoms with Gasteiger partial charge in [0, 0.05) is 38.5 Å². The van der Waals surface area contributed by atoms with Gasteiger partial charge in [0.25, 0.3) is 0 Å². The van der Waals surface area contributed by atoms with E-state index in [-0.39, 0.29) is 5.91 Å². The standard InChI is InChI=1S/C19H26N2O2/c1-23-13-5-7-16-6-4-11-21(14-16)19(22)15-20-12-10-17-8-2-3-9-18(17)20/h2-3,8-10,12,16H,4-7,11,13-15H2,1H3/t16-/m1/s1. The van der Waals surface area contributed by atoms with Crippen LogP contribution >= 0.6 is 0 Å². The van der Waals surface area contributed by atoms with Crippen molar-refractivity contribution in [2.24, 2.45) is 5.92 Å². The van der Waals surface area contributed by atoms with Gasteiger partial charge in [-0.3, -0.25) is 4.79 Å². The van der Waals surface area contributed by atoms with Gasteiger partial charge in [-0.25, -0.2) is 0 Å². The second-order valence-electron chi connectivity index (χ2n) is 6.49. The molecule has 0 radical (unpaired) electrons. The third-order valence-electron chi connectivity index (χ3n) is 4.82. The number of nitrogens with zero attached hydrogens (tertiary/aromatic N) is 2. The van der Waals surface area contributed by atoms with E-state index in [1.54, 1.807) is 7.11 Å². The Morgan fingerprint density at radius 2 is 2.17 bits per heavy atom. The molecule has 0 saturated carbocycles. The Balaban J connectivity index is 1.59. The lowest BCUT2D eigenvalue weighted by atomic mass is 9.93. The molecule has 1 aliphatic rings. The maximum Gasteiger partial charge on any atom is 0.242 e. The highest BCUT2D eigenvalue weighted by molar-refractivity contribution is 5.83. The van der Waals surface area contributed by atoms with Crippen LogP contribution in [0.3, 0.4) is 0 Å². The quantitative estimate of drug-likeness (QED) is 0.767. The topological polar surface area (TPSA) is 34.5 Å². The summed E-state index contributed by atoms with van der Waals surface area (Å²) in [4.78, 5) is 14.7. The monoisotopic (exact) mass is 314 g/mol. The highest BCUT2D eigenvalue weighted by Gasteiger charge is 2.23. The highest BCUT2D eigenvalue weighted by atomic mass is 16.5. The summed E-state index contributed by atoms with van der Waals surface area (Å²) < 4.78 is 7.20. The summed E-state index contributed by atoms with van der Waals surface area (Å²) in [5.41, 5.74) is 1.13. The highest BCUT2D eigenvalue weighted by Crippen LogP contribution is 2.22. The molecule has 2 aromatic rings. The summed E-state index contributed by atoms with van der Waals surface area (Å²) in [5, 5.41) is 1.19. The van der Waals surface area contributed by atoms with Gasteiger partial charge in [-0.05, 0) is 49.1 Å². The number of hydrogen-bond acceptors (Lipinski definition) is 2. The van der Waals surface area contributed by atoms with E-state index in [0.717, 1.165) is 44.5 Å². The minimum absolute atomic E-state index is 0.239. The van der Waals surface area contributed by atoms with E-state index in [9.17, 15) is 4.79 Å². The summed E-state index contributed by atoms with van der Waals surface area (Å²) in [6.07, 6.45) is 6.62. The zero-order chi connectivity index (χ0) is 16.1. The van der Waals surface area contributed by atoms with Crippen molar-refractivity contribution < 1.29 is 9.53 Å². The third kappa shape index (κ3) is 3.94. The predicted molar refractivity (Wildman–Crippen MR) is 92.4 cm³/mol. The Morgan fingerprint density at radius 3 is 3.04 bits per heavy atom. The SMILES string of the molecule is COCCC[C@H]1CCCN(C(=O)Cn2ccc3ccccc32)C1. The van der Waals surface area contributed by atoms with Crippen molar-refractivity contribution >= 4 is 16.8 Å². The van der Waals surface area contributed by atoms with Crippen LogP contribution in [-0.2, 0) is 16.1 Å². The Labute approximate surface area is 138 Å². The van der Waals surface area contributed by atoms with Gasteiger partial charge in [-0.1, -0.05) is 18.2 Å². The second-order valence-corrected chi connectivity index (χ2v) is 6.49. The predicted octanol–water partition coefficient (Wildman–Crippen LogP) is 3.31. The van der Waals surface area contributed by atoms with Crippen molar-refractivity contribution in [3.8, 4) is 0 Å². The third-order valence-corrected chi connectivity index (χ3v) is 4.82. The van der Waals surface area contributed by atoms with E-state index < -0.39 is 0 Å². The molecule has 1 saturated heterocycles. The van der Waals surface area contributed by atoms with Crippen LogP contribution in [0.2, 0.25) is 0 Å². The Hall–Kier alpha value is -1.81. The van der Waals surface area contributed by atoms with Crippen LogP contribution < -0.4 is 0 Å². The number of ether oxygens (including phenoxy) is 1. The molecule has 0 aliphatic carbocycles. The first-order valence-electron chi connectivity index (χ1n) is 8.58. The molecule has 4 heteroatoms. The summed E-state index contributed by atoms with van der Waals surface area (Å²) in [5.74, 6) is 0.868. The molecule has 1 fully saturated rings. The zero-order valence-electron chi connectivity index (χ0n) is 13.9. The van der Waals surface area contributed by atoms with E-state index in [1.165, 1.54) is 11.8 Å². The maximum atomic E-state index is 12.7. The first kappa shape index (κ1) is 16.1. The summed E-state index contributed by atoms with van der Waals surface area (Å²) in [6, 6.07) is 10.3. The van der Waals surface area contributed by atoms with Crippen LogP contribution in [0.5, 0.6) is 0 Å². The molecule has 4 nitrogen and oxygen atoms in total. The Kier molecular flexibility index (Phi) is 5.34. The molecule has 3 rings (SSSR count). The van der Waals surface area contributed by atoms with Crippen LogP contribution in [-0.4, -0.2) is 42.2 Å². The molecule has 2 heterocycles. The van der Waals surface area contributed by atoms with E-state index in [0.29, 0.717) is 12.5 Å². The van der Waals surface area contributed by atoms with Gasteiger partial charge in [0.05, 0.1) is 0 Å². The number of aromatic nitrogens is 1. The van der Waals surface area contributed by atoms with E-state index in [4.69, 9.17) is 4.74 Å². The van der Waals surface area contributed by atoms with Gasteiger partial charge in [0.2, 0.25) is 5.91 Å². The van der Waals surface area contributed by atoms with E-state index in [2.05, 4.69) is 27.7 Å². The van der Waals surface area contributed by atoms with Crippen molar-refractivity contribution in [3.63, 3.8) is 0 Å². The van der Waals surface area contributed by atoms with Crippen LogP contribution in [0.1, 0.15) is 25.7 Å². The molecule has 124 valence electrons. The van der Waals surface area contributed by atoms with Gasteiger partial charge in [-0.15, -0.1) is 0 Å². The first-order valence-corrected chi connectivity index (χ1v) is 8.58. The molecule has 23 heavy (non-hydrogen) atoms. The maximum absolute atomic E-state index is 12.7. The fourth-order valence-electron chi connectivity index (χ4n) is 3.57. The number of hydrogen-bond donors (Lipinski definition) is 0. The lowest BCUT2D eigenvalue weighted by Crippen LogP contribution is -2.41. The molecule has 1 amide bonds. The molecular weight excluding hydrogens is 288 g/mol. The fraction of sp³-hybridized carbons (Fsp3) is 0.526. The average molecular weight is 314 g/mol. The summed E-state index contributed by atoms with van der Waals surface area (Å²) in [6.45, 7) is 3.07. The molecular formula is C19H26N2O2. The summed E-state index contributed by atoms with van der Waals surface area (Å²) >= 11 is 0. The average Bonchev–Trinajstić information content (AvgIpc) is 2.99. The van der Waals surface area contributed by atoms with Gasteiger partial charge in [-0.2, -0.15) is 0 Å². The zero-order valence-corrected chi connectivity index (χ0v) is 13.9. The molecule has 0 N–H and O–H groups in total. The molecule has 1 aromatic carbocycles. The number of amides is 1. The number of rotatable bonds is 6. The Morgan fingerprint density at radius 1 is 1.30 bits per heavy atom. The molecule has 1 atom stereocenters. The van der Waals surface area contributed by atoms with Gasteiger partial charge in [0.1, 0.15) is 6.54 Å². The van der Waals surface area contributed by atoms with Crippen LogP contribution in [0, 0.1) is 5.92 Å². The number of likely N-dealkylation sites (tertiary alicyclic amines) is 1. The minimum atomic E-state index is 0.239. The molecule has 0 spiro atoms. The number of benzene rings is 1. The van der Waals surface area contributed by atoms with Crippen molar-refractivity contribution in [1.82, 2.24) is 9.47 Å². The van der Waals surface area contributed by atoms with Crippen LogP contribution in [0.15, 0.2) is 36.5 Å². The largest absolute Gasteiger partial charge is 0.385 e. The van der Waals surface area contributed by atoms with Crippen molar-refractivity contribution in [2.45, 2.75) is 32.2 Å². The van der Waals surface area contributed by atoms with Crippen molar-refractivity contribution in [3.05, 3.63) is 36.5 Å². The fourth-order valence-corrected chi connectivity index (χ4v) is 3.57. The van der Waals surface area contributed by atoms with Crippen LogP contribution in [0.4, 0.5) is 0 Å². The molecule has 1 aliphatic heterocycles. The number of fused-ring (bicyclic) bond motifs is 1. The van der Waals surface area contributed by atoms with E-state index >= 15 is 0 Å². The molecule has 0 unspecified atom stereocenters. The number of carbonyl (C=O) groups excluding carboxylic acids is 1. The summed E-state index contributed by atoms with van der Waals surface area (Å²) in [7, 11) is 1.75. The lowest BCUT2D eigenvalue weighted by Gasteiger charge is -2.33. The van der Waals surface area contributed by atoms with Crippen LogP contribution in [0.25, 0.3) is 10.9 Å². The number of piperidine rings is 1. The second kappa shape index (κ2) is 7.64. The van der Waals surface area contributed by atoms with Crippen molar-refractivity contribution in [1.29, 1.82) is 0 Å². The number of methoxy groups -OCH3 is 1. The van der Waals surface area contributed by atoms with Gasteiger partial charge in [0.15, 0.2) is 0 Å². The normalized spacial score (nSPS) is 18.5. The molecule has 0 bridgehead atoms. The van der Waals surface area contributed by atoms with Crippen molar-refractivity contribution in [2.75, 3.05) is 26.8 Å². The lowest BCUT2D eigenvalue weighted by molar-refractivity contribution is -0.133. The number of para-hydroxylation sites is 1.